The van der Waals surface area contributed by atoms with Gasteiger partial charge in [0.2, 0.25) is 5.91 Å². The first-order valence-electron chi connectivity index (χ1n) is 12.3. The Balaban J connectivity index is 1.04. The van der Waals surface area contributed by atoms with Gasteiger partial charge in [-0.05, 0) is 99.0 Å². The molecule has 1 aliphatic heterocycles. The molecule has 4 bridgehead atoms. The van der Waals surface area contributed by atoms with E-state index in [-0.39, 0.29) is 5.41 Å². The zero-order valence-corrected chi connectivity index (χ0v) is 17.7. The van der Waals surface area contributed by atoms with Crippen LogP contribution in [0.4, 0.5) is 0 Å². The predicted molar refractivity (Wildman–Crippen MR) is 116 cm³/mol. The van der Waals surface area contributed by atoms with E-state index in [4.69, 9.17) is 0 Å². The first kappa shape index (κ1) is 18.4. The van der Waals surface area contributed by atoms with Crippen molar-refractivity contribution in [1.29, 1.82) is 0 Å². The molecule has 1 saturated heterocycles. The quantitative estimate of drug-likeness (QED) is 0.833. The zero-order valence-electron chi connectivity index (χ0n) is 17.7. The van der Waals surface area contributed by atoms with E-state index in [1.54, 1.807) is 11.1 Å². The Morgan fingerprint density at radius 1 is 1.00 bits per heavy atom. The fourth-order valence-electron chi connectivity index (χ4n) is 8.14. The lowest BCUT2D eigenvalue weighted by atomic mass is 9.49. The van der Waals surface area contributed by atoms with Crippen LogP contribution in [0.25, 0.3) is 0 Å². The summed E-state index contributed by atoms with van der Waals surface area (Å²) in [4.78, 5) is 16.0. The molecule has 1 amide bonds. The van der Waals surface area contributed by atoms with E-state index in [9.17, 15) is 4.79 Å². The summed E-state index contributed by atoms with van der Waals surface area (Å²) >= 11 is 0. The van der Waals surface area contributed by atoms with E-state index in [0.717, 1.165) is 43.2 Å². The maximum Gasteiger partial charge on any atom is 0.226 e. The zero-order chi connectivity index (χ0) is 19.4. The van der Waals surface area contributed by atoms with E-state index >= 15 is 0 Å². The smallest absolute Gasteiger partial charge is 0.226 e. The summed E-state index contributed by atoms with van der Waals surface area (Å²) in [6.07, 6.45) is 12.7. The fourth-order valence-corrected chi connectivity index (χ4v) is 8.14. The molecule has 4 saturated carbocycles. The average molecular weight is 393 g/mol. The molecule has 1 N–H and O–H groups in total. The number of likely N-dealkylation sites (tertiary alicyclic amines) is 1. The predicted octanol–water partition coefficient (Wildman–Crippen LogP) is 4.20. The molecule has 1 heterocycles. The number of nitrogens with zero attached hydrogens (tertiary/aromatic N) is 1. The van der Waals surface area contributed by atoms with Crippen molar-refractivity contribution in [3.8, 4) is 0 Å². The third kappa shape index (κ3) is 3.44. The summed E-state index contributed by atoms with van der Waals surface area (Å²) in [6.45, 7) is 3.43. The average Bonchev–Trinajstić information content (AvgIpc) is 3.13. The number of carbonyl (C=O) groups excluding carboxylic acids is 1. The third-order valence-electron chi connectivity index (χ3n) is 9.09. The summed E-state index contributed by atoms with van der Waals surface area (Å²) in [6, 6.07) is 9.37. The number of amides is 1. The number of benzene rings is 1. The molecule has 1 aromatic carbocycles. The molecule has 0 radical (unpaired) electrons. The topological polar surface area (TPSA) is 32.3 Å². The highest BCUT2D eigenvalue weighted by atomic mass is 16.2. The molecule has 3 nitrogen and oxygen atoms in total. The normalized spacial score (nSPS) is 40.8. The number of hydrogen-bond acceptors (Lipinski definition) is 2. The first-order chi connectivity index (χ1) is 14.1. The summed E-state index contributed by atoms with van der Waals surface area (Å²) in [5.41, 5.74) is 3.13. The molecule has 2 atom stereocenters. The van der Waals surface area contributed by atoms with Gasteiger partial charge in [-0.2, -0.15) is 0 Å². The maximum absolute atomic E-state index is 13.4. The molecular weight excluding hydrogens is 356 g/mol. The Morgan fingerprint density at radius 3 is 2.41 bits per heavy atom. The number of hydrogen-bond donors (Lipinski definition) is 1. The highest BCUT2D eigenvalue weighted by Crippen LogP contribution is 2.60. The van der Waals surface area contributed by atoms with Gasteiger partial charge in [0.1, 0.15) is 0 Å². The molecule has 1 aromatic rings. The summed E-state index contributed by atoms with van der Waals surface area (Å²) in [5, 5.41) is 3.54. The van der Waals surface area contributed by atoms with Crippen molar-refractivity contribution in [2.75, 3.05) is 19.6 Å². The van der Waals surface area contributed by atoms with Crippen LogP contribution in [0, 0.1) is 29.1 Å². The summed E-state index contributed by atoms with van der Waals surface area (Å²) < 4.78 is 0. The van der Waals surface area contributed by atoms with Crippen molar-refractivity contribution in [3.63, 3.8) is 0 Å². The molecular formula is C26H36N2O. The van der Waals surface area contributed by atoms with Crippen molar-refractivity contribution in [3.05, 3.63) is 35.4 Å². The van der Waals surface area contributed by atoms with Gasteiger partial charge < -0.3 is 10.2 Å². The SMILES string of the molecule is O=C(N[C@H]1CCN(CC2CCc3ccccc3C2)C1)C12CC3CC(CC(C3)C1)C2. The van der Waals surface area contributed by atoms with Crippen molar-refractivity contribution >= 4 is 5.91 Å². The Hall–Kier alpha value is -1.35. The van der Waals surface area contributed by atoms with E-state index in [1.807, 2.05) is 0 Å². The Bertz CT molecular complexity index is 751. The van der Waals surface area contributed by atoms with Crippen LogP contribution in [0.15, 0.2) is 24.3 Å². The highest BCUT2D eigenvalue weighted by molar-refractivity contribution is 5.83. The standard InChI is InChI=1S/C26H36N2O/c29-25(26-13-19-9-20(14-26)11-21(10-19)15-26)27-24-7-8-28(17-24)16-18-5-6-22-3-1-2-4-23(22)12-18/h1-4,18-21,24H,5-17H2,(H,27,29)/t18?,19?,20?,21?,24-,26?/m0/s1. The highest BCUT2D eigenvalue weighted by Gasteiger charge is 2.54. The van der Waals surface area contributed by atoms with Crippen LogP contribution in [0.3, 0.4) is 0 Å². The number of rotatable bonds is 4. The van der Waals surface area contributed by atoms with Gasteiger partial charge >= 0.3 is 0 Å². The van der Waals surface area contributed by atoms with Gasteiger partial charge in [0, 0.05) is 31.1 Å². The van der Waals surface area contributed by atoms with Gasteiger partial charge in [-0.3, -0.25) is 4.79 Å². The Labute approximate surface area is 175 Å². The van der Waals surface area contributed by atoms with Crippen LogP contribution in [0.1, 0.15) is 62.5 Å². The van der Waals surface area contributed by atoms with E-state index in [1.165, 1.54) is 64.3 Å². The third-order valence-corrected chi connectivity index (χ3v) is 9.09. The van der Waals surface area contributed by atoms with Gasteiger partial charge in [0.15, 0.2) is 0 Å². The molecule has 29 heavy (non-hydrogen) atoms. The van der Waals surface area contributed by atoms with E-state index in [2.05, 4.69) is 34.5 Å². The lowest BCUT2D eigenvalue weighted by Crippen LogP contribution is -2.55. The van der Waals surface area contributed by atoms with Crippen LogP contribution in [-0.2, 0) is 17.6 Å². The molecule has 0 aromatic heterocycles. The number of carbonyl (C=O) groups is 1. The van der Waals surface area contributed by atoms with Crippen LogP contribution >= 0.6 is 0 Å². The minimum Gasteiger partial charge on any atom is -0.352 e. The van der Waals surface area contributed by atoms with Gasteiger partial charge in [0.05, 0.1) is 0 Å². The van der Waals surface area contributed by atoms with Crippen molar-refractivity contribution in [2.45, 2.75) is 70.3 Å². The van der Waals surface area contributed by atoms with Gasteiger partial charge in [-0.15, -0.1) is 0 Å². The van der Waals surface area contributed by atoms with Crippen molar-refractivity contribution in [1.82, 2.24) is 10.2 Å². The van der Waals surface area contributed by atoms with Crippen LogP contribution in [0.2, 0.25) is 0 Å². The molecule has 3 heteroatoms. The van der Waals surface area contributed by atoms with Crippen LogP contribution in [0.5, 0.6) is 0 Å². The minimum absolute atomic E-state index is 0.00918. The van der Waals surface area contributed by atoms with Gasteiger partial charge in [-0.1, -0.05) is 24.3 Å². The van der Waals surface area contributed by atoms with E-state index in [0.29, 0.717) is 11.9 Å². The van der Waals surface area contributed by atoms with Crippen molar-refractivity contribution < 1.29 is 4.79 Å². The monoisotopic (exact) mass is 392 g/mol. The molecule has 6 aliphatic rings. The molecule has 7 rings (SSSR count). The fraction of sp³-hybridized carbons (Fsp3) is 0.731. The second-order valence-corrected chi connectivity index (χ2v) is 11.3. The molecule has 5 fully saturated rings. The largest absolute Gasteiger partial charge is 0.352 e. The second kappa shape index (κ2) is 7.11. The molecule has 156 valence electrons. The lowest BCUT2D eigenvalue weighted by molar-refractivity contribution is -0.146. The second-order valence-electron chi connectivity index (χ2n) is 11.3. The van der Waals surface area contributed by atoms with Gasteiger partial charge in [-0.25, -0.2) is 0 Å². The molecule has 1 unspecified atom stereocenters. The number of fused-ring (bicyclic) bond motifs is 1. The summed E-state index contributed by atoms with van der Waals surface area (Å²) in [7, 11) is 0. The van der Waals surface area contributed by atoms with Crippen molar-refractivity contribution in [2.24, 2.45) is 29.1 Å². The first-order valence-corrected chi connectivity index (χ1v) is 12.3. The van der Waals surface area contributed by atoms with Crippen LogP contribution in [-0.4, -0.2) is 36.5 Å². The number of nitrogens with one attached hydrogen (secondary N) is 1. The Kier molecular flexibility index (Phi) is 4.52. The summed E-state index contributed by atoms with van der Waals surface area (Å²) in [5.74, 6) is 3.75. The number of aryl methyl sites for hydroxylation is 1. The van der Waals surface area contributed by atoms with Crippen LogP contribution < -0.4 is 5.32 Å². The maximum atomic E-state index is 13.4. The minimum atomic E-state index is 0.00918. The molecule has 5 aliphatic carbocycles. The van der Waals surface area contributed by atoms with Gasteiger partial charge in [0.25, 0.3) is 0 Å². The lowest BCUT2D eigenvalue weighted by Gasteiger charge is -2.55. The Morgan fingerprint density at radius 2 is 1.69 bits per heavy atom. The molecule has 0 spiro atoms. The van der Waals surface area contributed by atoms with E-state index < -0.39 is 0 Å².